The van der Waals surface area contributed by atoms with E-state index in [2.05, 4.69) is 0 Å². The summed E-state index contributed by atoms with van der Waals surface area (Å²) in [5.74, 6) is 0. The van der Waals surface area contributed by atoms with E-state index in [0.29, 0.717) is 11.4 Å². The highest BCUT2D eigenvalue weighted by molar-refractivity contribution is 6.31. The van der Waals surface area contributed by atoms with Gasteiger partial charge in [-0.3, -0.25) is 0 Å². The van der Waals surface area contributed by atoms with Crippen LogP contribution in [0.15, 0.2) is 18.2 Å². The van der Waals surface area contributed by atoms with Crippen LogP contribution in [-0.4, -0.2) is 0 Å². The molecule has 0 aromatic heterocycles. The summed E-state index contributed by atoms with van der Waals surface area (Å²) in [6.07, 6.45) is 0.321. The number of rotatable bonds is 2. The quantitative estimate of drug-likeness (QED) is 0.787. The molecule has 1 aromatic carbocycles. The topological polar surface area (TPSA) is 49.8 Å². The van der Waals surface area contributed by atoms with Crippen molar-refractivity contribution in [3.63, 3.8) is 0 Å². The lowest BCUT2D eigenvalue weighted by molar-refractivity contribution is 0.742. The van der Waals surface area contributed by atoms with Gasteiger partial charge in [-0.05, 0) is 24.1 Å². The molecular formula is C10H11ClN2. The van der Waals surface area contributed by atoms with Crippen molar-refractivity contribution in [1.29, 1.82) is 5.26 Å². The average molecular weight is 195 g/mol. The number of hydrogen-bond acceptors (Lipinski definition) is 2. The van der Waals surface area contributed by atoms with Gasteiger partial charge in [0.2, 0.25) is 0 Å². The first kappa shape index (κ1) is 10.0. The van der Waals surface area contributed by atoms with Crippen molar-refractivity contribution in [2.75, 3.05) is 0 Å². The van der Waals surface area contributed by atoms with Crippen LogP contribution in [0.25, 0.3) is 0 Å². The van der Waals surface area contributed by atoms with Gasteiger partial charge < -0.3 is 5.73 Å². The zero-order valence-corrected chi connectivity index (χ0v) is 8.17. The monoisotopic (exact) mass is 194 g/mol. The van der Waals surface area contributed by atoms with Gasteiger partial charge in [0.15, 0.2) is 0 Å². The predicted molar refractivity (Wildman–Crippen MR) is 53.3 cm³/mol. The van der Waals surface area contributed by atoms with E-state index in [1.54, 1.807) is 0 Å². The van der Waals surface area contributed by atoms with Crippen molar-refractivity contribution in [2.24, 2.45) is 5.73 Å². The summed E-state index contributed by atoms with van der Waals surface area (Å²) in [6, 6.07) is 7.39. The number of benzene rings is 1. The van der Waals surface area contributed by atoms with E-state index < -0.39 is 0 Å². The number of nitrogens with zero attached hydrogens (tertiary/aromatic N) is 1. The second kappa shape index (κ2) is 4.27. The molecule has 0 aliphatic heterocycles. The maximum Gasteiger partial charge on any atom is 0.0641 e. The molecule has 0 aliphatic rings. The Morgan fingerprint density at radius 2 is 2.31 bits per heavy atom. The fourth-order valence-corrected chi connectivity index (χ4v) is 1.42. The Morgan fingerprint density at radius 1 is 1.62 bits per heavy atom. The largest absolute Gasteiger partial charge is 0.323 e. The third-order valence-corrected chi connectivity index (χ3v) is 2.43. The standard InChI is InChI=1S/C10H11ClN2/c1-7-8(10(13)5-6-12)3-2-4-9(7)11/h2-4,10H,5,13H2,1H3. The van der Waals surface area contributed by atoms with E-state index in [9.17, 15) is 0 Å². The van der Waals surface area contributed by atoms with Crippen molar-refractivity contribution in [3.05, 3.63) is 34.3 Å². The van der Waals surface area contributed by atoms with Crippen LogP contribution in [0, 0.1) is 18.3 Å². The third-order valence-electron chi connectivity index (χ3n) is 2.02. The average Bonchev–Trinajstić information content (AvgIpc) is 2.10. The smallest absolute Gasteiger partial charge is 0.0641 e. The minimum Gasteiger partial charge on any atom is -0.323 e. The number of nitriles is 1. The molecular weight excluding hydrogens is 184 g/mol. The van der Waals surface area contributed by atoms with E-state index in [1.807, 2.05) is 31.2 Å². The molecule has 0 saturated heterocycles. The molecule has 0 amide bonds. The lowest BCUT2D eigenvalue weighted by Gasteiger charge is -2.11. The van der Waals surface area contributed by atoms with Crippen LogP contribution in [-0.2, 0) is 0 Å². The van der Waals surface area contributed by atoms with Gasteiger partial charge in [0.25, 0.3) is 0 Å². The van der Waals surface area contributed by atoms with Crippen LogP contribution in [0.1, 0.15) is 23.6 Å². The van der Waals surface area contributed by atoms with E-state index in [1.165, 1.54) is 0 Å². The summed E-state index contributed by atoms with van der Waals surface area (Å²) in [6.45, 7) is 1.91. The van der Waals surface area contributed by atoms with E-state index in [4.69, 9.17) is 22.6 Å². The first-order valence-electron chi connectivity index (χ1n) is 4.04. The van der Waals surface area contributed by atoms with Crippen LogP contribution in [0.2, 0.25) is 5.02 Å². The molecule has 1 aromatic rings. The molecule has 2 N–H and O–H groups in total. The van der Waals surface area contributed by atoms with Crippen LogP contribution in [0.3, 0.4) is 0 Å². The van der Waals surface area contributed by atoms with Crippen molar-refractivity contribution in [1.82, 2.24) is 0 Å². The Labute approximate surface area is 82.9 Å². The first-order valence-corrected chi connectivity index (χ1v) is 4.42. The van der Waals surface area contributed by atoms with Gasteiger partial charge >= 0.3 is 0 Å². The number of halogens is 1. The molecule has 0 aliphatic carbocycles. The molecule has 0 spiro atoms. The maximum absolute atomic E-state index is 8.50. The molecule has 0 fully saturated rings. The fourth-order valence-electron chi connectivity index (χ4n) is 1.23. The third kappa shape index (κ3) is 2.21. The Bertz CT molecular complexity index is 341. The molecule has 0 radical (unpaired) electrons. The minimum atomic E-state index is -0.233. The Hall–Kier alpha value is -1.04. The van der Waals surface area contributed by atoms with Gasteiger partial charge in [-0.15, -0.1) is 0 Å². The summed E-state index contributed by atoms with van der Waals surface area (Å²) in [7, 11) is 0. The summed E-state index contributed by atoms with van der Waals surface area (Å²) >= 11 is 5.92. The Balaban J connectivity index is 3.02. The molecule has 0 heterocycles. The Morgan fingerprint density at radius 3 is 2.92 bits per heavy atom. The Kier molecular flexibility index (Phi) is 3.30. The van der Waals surface area contributed by atoms with Crippen LogP contribution >= 0.6 is 11.6 Å². The van der Waals surface area contributed by atoms with Crippen molar-refractivity contribution in [3.8, 4) is 6.07 Å². The number of nitrogens with two attached hydrogens (primary N) is 1. The summed E-state index contributed by atoms with van der Waals surface area (Å²) < 4.78 is 0. The molecule has 1 atom stereocenters. The summed E-state index contributed by atoms with van der Waals surface area (Å²) in [5.41, 5.74) is 7.71. The van der Waals surface area contributed by atoms with Gasteiger partial charge in [0, 0.05) is 11.1 Å². The zero-order valence-electron chi connectivity index (χ0n) is 7.42. The van der Waals surface area contributed by atoms with Gasteiger partial charge in [0.1, 0.15) is 0 Å². The predicted octanol–water partition coefficient (Wildman–Crippen LogP) is 2.56. The van der Waals surface area contributed by atoms with E-state index >= 15 is 0 Å². The SMILES string of the molecule is Cc1c(Cl)cccc1C(N)CC#N. The second-order valence-electron chi connectivity index (χ2n) is 2.92. The van der Waals surface area contributed by atoms with E-state index in [0.717, 1.165) is 11.1 Å². The van der Waals surface area contributed by atoms with E-state index in [-0.39, 0.29) is 6.04 Å². The van der Waals surface area contributed by atoms with Crippen molar-refractivity contribution >= 4 is 11.6 Å². The van der Waals surface area contributed by atoms with Crippen LogP contribution in [0.4, 0.5) is 0 Å². The highest BCUT2D eigenvalue weighted by Crippen LogP contribution is 2.24. The zero-order chi connectivity index (χ0) is 9.84. The van der Waals surface area contributed by atoms with Crippen LogP contribution < -0.4 is 5.73 Å². The molecule has 3 heteroatoms. The maximum atomic E-state index is 8.50. The highest BCUT2D eigenvalue weighted by Gasteiger charge is 2.09. The summed E-state index contributed by atoms with van der Waals surface area (Å²) in [4.78, 5) is 0. The molecule has 1 unspecified atom stereocenters. The second-order valence-corrected chi connectivity index (χ2v) is 3.33. The molecule has 13 heavy (non-hydrogen) atoms. The molecule has 2 nitrogen and oxygen atoms in total. The van der Waals surface area contributed by atoms with Crippen molar-refractivity contribution < 1.29 is 0 Å². The lowest BCUT2D eigenvalue weighted by atomic mass is 10.0. The van der Waals surface area contributed by atoms with Gasteiger partial charge in [-0.2, -0.15) is 5.26 Å². The molecule has 0 bridgehead atoms. The molecule has 0 saturated carbocycles. The number of hydrogen-bond donors (Lipinski definition) is 1. The van der Waals surface area contributed by atoms with Gasteiger partial charge in [-0.1, -0.05) is 23.7 Å². The minimum absolute atomic E-state index is 0.233. The van der Waals surface area contributed by atoms with Crippen LogP contribution in [0.5, 0.6) is 0 Å². The first-order chi connectivity index (χ1) is 6.16. The normalized spacial score (nSPS) is 12.2. The van der Waals surface area contributed by atoms with Gasteiger partial charge in [-0.25, -0.2) is 0 Å². The fraction of sp³-hybridized carbons (Fsp3) is 0.300. The molecule has 68 valence electrons. The highest BCUT2D eigenvalue weighted by atomic mass is 35.5. The van der Waals surface area contributed by atoms with Crippen molar-refractivity contribution in [2.45, 2.75) is 19.4 Å². The van der Waals surface area contributed by atoms with Gasteiger partial charge in [0.05, 0.1) is 12.5 Å². The molecule has 1 rings (SSSR count). The summed E-state index contributed by atoms with van der Waals surface area (Å²) in [5, 5.41) is 9.20. The lowest BCUT2D eigenvalue weighted by Crippen LogP contribution is -2.10.